The van der Waals surface area contributed by atoms with Crippen LogP contribution < -0.4 is 16.0 Å². The van der Waals surface area contributed by atoms with Gasteiger partial charge in [-0.2, -0.15) is 15.0 Å². The molecule has 0 spiro atoms. The predicted molar refractivity (Wildman–Crippen MR) is 73.6 cm³/mol. The first-order valence-electron chi connectivity index (χ1n) is 6.43. The van der Waals surface area contributed by atoms with Gasteiger partial charge in [-0.25, -0.2) is 0 Å². The maximum Gasteiger partial charge on any atom is 0.232 e. The number of hydrogen-bond donors (Lipinski definition) is 3. The van der Waals surface area contributed by atoms with Crippen LogP contribution in [0.5, 0.6) is 0 Å². The van der Waals surface area contributed by atoms with Crippen molar-refractivity contribution < 1.29 is 14.6 Å². The molecule has 4 N–H and O–H groups in total. The van der Waals surface area contributed by atoms with Crippen LogP contribution in [-0.4, -0.2) is 72.7 Å². The summed E-state index contributed by atoms with van der Waals surface area (Å²) in [6.45, 7) is 2.95. The number of aliphatic hydroxyl groups is 1. The molecule has 0 saturated carbocycles. The minimum Gasteiger partial charge on any atom is -0.394 e. The number of hydrogen-bond acceptors (Lipinski definition) is 9. The van der Waals surface area contributed by atoms with E-state index >= 15 is 0 Å². The summed E-state index contributed by atoms with van der Waals surface area (Å²) in [6.07, 6.45) is 0. The zero-order chi connectivity index (χ0) is 14.4. The number of aromatic nitrogens is 3. The monoisotopic (exact) mass is 284 g/mol. The number of nitrogens with two attached hydrogens (primary N) is 1. The number of nitrogen functional groups attached to an aromatic ring is 1. The van der Waals surface area contributed by atoms with E-state index in [0.29, 0.717) is 44.8 Å². The van der Waals surface area contributed by atoms with Crippen LogP contribution in [0.1, 0.15) is 0 Å². The molecule has 1 aliphatic rings. The zero-order valence-electron chi connectivity index (χ0n) is 11.4. The first-order valence-corrected chi connectivity index (χ1v) is 6.43. The van der Waals surface area contributed by atoms with Crippen LogP contribution in [-0.2, 0) is 9.47 Å². The second-order valence-electron chi connectivity index (χ2n) is 4.40. The summed E-state index contributed by atoms with van der Waals surface area (Å²) < 4.78 is 10.3. The van der Waals surface area contributed by atoms with Crippen molar-refractivity contribution in [2.45, 2.75) is 6.04 Å². The van der Waals surface area contributed by atoms with Crippen molar-refractivity contribution in [3.63, 3.8) is 0 Å². The van der Waals surface area contributed by atoms with Crippen molar-refractivity contribution in [1.29, 1.82) is 0 Å². The van der Waals surface area contributed by atoms with Crippen molar-refractivity contribution in [3.8, 4) is 0 Å². The first kappa shape index (κ1) is 14.7. The number of ether oxygens (including phenoxy) is 2. The minimum atomic E-state index is -0.292. The Morgan fingerprint density at radius 1 is 1.40 bits per heavy atom. The summed E-state index contributed by atoms with van der Waals surface area (Å²) >= 11 is 0. The topological polar surface area (TPSA) is 119 Å². The van der Waals surface area contributed by atoms with Crippen LogP contribution in [0.3, 0.4) is 0 Å². The molecule has 2 rings (SSSR count). The summed E-state index contributed by atoms with van der Waals surface area (Å²) in [5, 5.41) is 12.2. The van der Waals surface area contributed by atoms with Gasteiger partial charge in [-0.15, -0.1) is 0 Å². The maximum absolute atomic E-state index is 9.23. The third-order valence-electron chi connectivity index (χ3n) is 2.86. The van der Waals surface area contributed by atoms with Gasteiger partial charge >= 0.3 is 0 Å². The Morgan fingerprint density at radius 3 is 2.80 bits per heavy atom. The molecule has 2 heterocycles. The standard InChI is InChI=1S/C11H20N6O3/c1-19-7-8(6-18)13-10-14-9(12)15-11(16-10)17-2-4-20-5-3-17/h8,18H,2-7H2,1H3,(H3,12,13,14,15,16). The van der Waals surface area contributed by atoms with Gasteiger partial charge in [0.15, 0.2) is 0 Å². The van der Waals surface area contributed by atoms with Crippen molar-refractivity contribution in [2.75, 3.05) is 62.6 Å². The predicted octanol–water partition coefficient (Wildman–Crippen LogP) is -1.29. The second kappa shape index (κ2) is 7.17. The third kappa shape index (κ3) is 3.89. The van der Waals surface area contributed by atoms with E-state index in [1.807, 2.05) is 4.90 Å². The molecule has 0 amide bonds. The Hall–Kier alpha value is -1.71. The number of anilines is 3. The zero-order valence-corrected chi connectivity index (χ0v) is 11.4. The summed E-state index contributed by atoms with van der Waals surface area (Å²) in [6, 6.07) is -0.292. The first-order chi connectivity index (χ1) is 9.72. The van der Waals surface area contributed by atoms with E-state index < -0.39 is 0 Å². The molecule has 0 radical (unpaired) electrons. The molecule has 0 aliphatic carbocycles. The summed E-state index contributed by atoms with van der Waals surface area (Å²) in [5.41, 5.74) is 5.70. The number of methoxy groups -OCH3 is 1. The lowest BCUT2D eigenvalue weighted by atomic mass is 10.3. The Labute approximate surface area is 117 Å². The van der Waals surface area contributed by atoms with Gasteiger partial charge in [-0.1, -0.05) is 0 Å². The average molecular weight is 284 g/mol. The van der Waals surface area contributed by atoms with Gasteiger partial charge in [0.05, 0.1) is 32.5 Å². The smallest absolute Gasteiger partial charge is 0.232 e. The number of rotatable bonds is 6. The molecule has 112 valence electrons. The Kier molecular flexibility index (Phi) is 5.27. The highest BCUT2D eigenvalue weighted by atomic mass is 16.5. The molecule has 0 aromatic carbocycles. The fraction of sp³-hybridized carbons (Fsp3) is 0.727. The quantitative estimate of drug-likeness (QED) is 0.586. The Balaban J connectivity index is 2.10. The largest absolute Gasteiger partial charge is 0.394 e. The van der Waals surface area contributed by atoms with E-state index in [9.17, 15) is 5.11 Å². The molecule has 1 aromatic rings. The van der Waals surface area contributed by atoms with E-state index in [1.54, 1.807) is 7.11 Å². The summed E-state index contributed by atoms with van der Waals surface area (Å²) in [7, 11) is 1.56. The Morgan fingerprint density at radius 2 is 2.15 bits per heavy atom. The van der Waals surface area contributed by atoms with Gasteiger partial charge in [-0.05, 0) is 0 Å². The highest BCUT2D eigenvalue weighted by Gasteiger charge is 2.17. The molecule has 1 saturated heterocycles. The van der Waals surface area contributed by atoms with Crippen LogP contribution >= 0.6 is 0 Å². The number of nitrogens with one attached hydrogen (secondary N) is 1. The van der Waals surface area contributed by atoms with Crippen LogP contribution in [0.25, 0.3) is 0 Å². The molecule has 1 fully saturated rings. The molecule has 1 atom stereocenters. The maximum atomic E-state index is 9.23. The van der Waals surface area contributed by atoms with E-state index in [-0.39, 0.29) is 18.6 Å². The summed E-state index contributed by atoms with van der Waals surface area (Å²) in [4.78, 5) is 14.4. The molecule has 9 heteroatoms. The van der Waals surface area contributed by atoms with E-state index in [0.717, 1.165) is 0 Å². The van der Waals surface area contributed by atoms with E-state index in [1.165, 1.54) is 0 Å². The van der Waals surface area contributed by atoms with E-state index in [2.05, 4.69) is 20.3 Å². The fourth-order valence-electron chi connectivity index (χ4n) is 1.87. The third-order valence-corrected chi connectivity index (χ3v) is 2.86. The van der Waals surface area contributed by atoms with Gasteiger partial charge in [-0.3, -0.25) is 0 Å². The van der Waals surface area contributed by atoms with Crippen molar-refractivity contribution in [3.05, 3.63) is 0 Å². The van der Waals surface area contributed by atoms with Gasteiger partial charge in [0, 0.05) is 20.2 Å². The van der Waals surface area contributed by atoms with Gasteiger partial charge < -0.3 is 30.5 Å². The van der Waals surface area contributed by atoms with Crippen LogP contribution in [0.2, 0.25) is 0 Å². The SMILES string of the molecule is COCC(CO)Nc1nc(N)nc(N2CCOCC2)n1. The van der Waals surface area contributed by atoms with Crippen LogP contribution in [0.4, 0.5) is 17.8 Å². The van der Waals surface area contributed by atoms with Crippen molar-refractivity contribution in [1.82, 2.24) is 15.0 Å². The Bertz CT molecular complexity index is 427. The van der Waals surface area contributed by atoms with Crippen LogP contribution in [0.15, 0.2) is 0 Å². The molecule has 20 heavy (non-hydrogen) atoms. The molecule has 0 bridgehead atoms. The van der Waals surface area contributed by atoms with Gasteiger partial charge in [0.25, 0.3) is 0 Å². The van der Waals surface area contributed by atoms with Crippen molar-refractivity contribution >= 4 is 17.8 Å². The highest BCUT2D eigenvalue weighted by molar-refractivity contribution is 5.42. The normalized spacial score (nSPS) is 17.0. The van der Waals surface area contributed by atoms with Gasteiger partial charge in [0.1, 0.15) is 0 Å². The lowest BCUT2D eigenvalue weighted by Crippen LogP contribution is -2.38. The lowest BCUT2D eigenvalue weighted by Gasteiger charge is -2.27. The lowest BCUT2D eigenvalue weighted by molar-refractivity contribution is 0.122. The average Bonchev–Trinajstić information content (AvgIpc) is 2.47. The van der Waals surface area contributed by atoms with Crippen molar-refractivity contribution in [2.24, 2.45) is 0 Å². The van der Waals surface area contributed by atoms with Crippen LogP contribution in [0, 0.1) is 0 Å². The molecule has 1 aliphatic heterocycles. The number of morpholine rings is 1. The molecule has 9 nitrogen and oxygen atoms in total. The fourth-order valence-corrected chi connectivity index (χ4v) is 1.87. The highest BCUT2D eigenvalue weighted by Crippen LogP contribution is 2.14. The van der Waals surface area contributed by atoms with Gasteiger partial charge in [0.2, 0.25) is 17.8 Å². The molecule has 1 aromatic heterocycles. The molecular formula is C11H20N6O3. The molecule has 1 unspecified atom stereocenters. The number of nitrogens with zero attached hydrogens (tertiary/aromatic N) is 4. The molecular weight excluding hydrogens is 264 g/mol. The number of aliphatic hydroxyl groups excluding tert-OH is 1. The minimum absolute atomic E-state index is 0.0910. The summed E-state index contributed by atoms with van der Waals surface area (Å²) in [5.74, 6) is 0.977. The van der Waals surface area contributed by atoms with E-state index in [4.69, 9.17) is 15.2 Å². The second-order valence-corrected chi connectivity index (χ2v) is 4.40.